The maximum Gasteiger partial charge on any atom is 0.123 e. The van der Waals surface area contributed by atoms with Crippen LogP contribution in [0, 0.1) is 0 Å². The molecule has 0 aromatic heterocycles. The van der Waals surface area contributed by atoms with E-state index in [0.717, 1.165) is 51.2 Å². The molecule has 3 aliphatic heterocycles. The molecule has 0 unspecified atom stereocenters. The van der Waals surface area contributed by atoms with E-state index in [4.69, 9.17) is 9.47 Å². The van der Waals surface area contributed by atoms with Crippen LogP contribution in [-0.2, 0) is 17.8 Å². The van der Waals surface area contributed by atoms with Gasteiger partial charge in [0.05, 0.1) is 20.3 Å². The van der Waals surface area contributed by atoms with Crippen LogP contribution < -0.4 is 4.74 Å². The lowest BCUT2D eigenvalue weighted by atomic mass is 10.0. The Morgan fingerprint density at radius 2 is 2.00 bits per heavy atom. The van der Waals surface area contributed by atoms with Gasteiger partial charge < -0.3 is 9.47 Å². The molecule has 1 aromatic rings. The van der Waals surface area contributed by atoms with E-state index >= 15 is 0 Å². The molecule has 6 heteroatoms. The highest BCUT2D eigenvalue weighted by Crippen LogP contribution is 2.29. The lowest BCUT2D eigenvalue weighted by molar-refractivity contribution is 0.0337. The zero-order valence-electron chi connectivity index (χ0n) is 18.1. The van der Waals surface area contributed by atoms with Gasteiger partial charge in [-0.3, -0.25) is 14.7 Å². The van der Waals surface area contributed by atoms with Crippen molar-refractivity contribution in [2.24, 2.45) is 0 Å². The van der Waals surface area contributed by atoms with Gasteiger partial charge in [-0.2, -0.15) is 11.8 Å². The number of piperazine rings is 1. The smallest absolute Gasteiger partial charge is 0.123 e. The number of morpholine rings is 1. The van der Waals surface area contributed by atoms with Crippen LogP contribution in [0.2, 0.25) is 0 Å². The molecule has 29 heavy (non-hydrogen) atoms. The standard InChI is InChI=1S/C23H37N3O2S/c1-27-23-6-5-19(14-20(23)16-24-9-11-28-12-10-24)15-26-18-21-4-3-8-25(21)17-22(26)7-13-29-2/h5-6,14,21-22H,3-4,7-13,15-18H2,1-2H3/t21-,22+/m0/s1. The lowest BCUT2D eigenvalue weighted by Gasteiger charge is -2.44. The van der Waals surface area contributed by atoms with Gasteiger partial charge in [-0.25, -0.2) is 0 Å². The molecule has 0 amide bonds. The summed E-state index contributed by atoms with van der Waals surface area (Å²) in [6.45, 7) is 9.49. The van der Waals surface area contributed by atoms with Crippen LogP contribution in [0.1, 0.15) is 30.4 Å². The topological polar surface area (TPSA) is 28.2 Å². The molecule has 0 radical (unpaired) electrons. The molecule has 4 rings (SSSR count). The predicted molar refractivity (Wildman–Crippen MR) is 121 cm³/mol. The van der Waals surface area contributed by atoms with Crippen molar-refractivity contribution < 1.29 is 9.47 Å². The van der Waals surface area contributed by atoms with Gasteiger partial charge in [-0.1, -0.05) is 6.07 Å². The minimum Gasteiger partial charge on any atom is -0.496 e. The van der Waals surface area contributed by atoms with Crippen LogP contribution in [0.4, 0.5) is 0 Å². The normalized spacial score (nSPS) is 26.6. The summed E-state index contributed by atoms with van der Waals surface area (Å²) >= 11 is 1.98. The Labute approximate surface area is 180 Å². The van der Waals surface area contributed by atoms with E-state index < -0.39 is 0 Å². The van der Waals surface area contributed by atoms with Crippen LogP contribution in [0.15, 0.2) is 18.2 Å². The summed E-state index contributed by atoms with van der Waals surface area (Å²) < 4.78 is 11.2. The summed E-state index contributed by atoms with van der Waals surface area (Å²) in [5, 5.41) is 0. The fourth-order valence-corrected chi connectivity index (χ4v) is 5.67. The molecule has 2 atom stereocenters. The largest absolute Gasteiger partial charge is 0.496 e. The Morgan fingerprint density at radius 3 is 2.79 bits per heavy atom. The fourth-order valence-electron chi connectivity index (χ4n) is 5.16. The van der Waals surface area contributed by atoms with E-state index in [-0.39, 0.29) is 0 Å². The van der Waals surface area contributed by atoms with Gasteiger partial charge in [0, 0.05) is 56.9 Å². The maximum absolute atomic E-state index is 5.68. The summed E-state index contributed by atoms with van der Waals surface area (Å²) in [6.07, 6.45) is 6.27. The average molecular weight is 420 g/mol. The molecule has 3 saturated heterocycles. The third kappa shape index (κ3) is 5.47. The highest BCUT2D eigenvalue weighted by molar-refractivity contribution is 7.98. The molecule has 0 N–H and O–H groups in total. The molecule has 0 spiro atoms. The third-order valence-corrected chi connectivity index (χ3v) is 7.43. The molecular formula is C23H37N3O2S. The Morgan fingerprint density at radius 1 is 1.14 bits per heavy atom. The molecule has 5 nitrogen and oxygen atoms in total. The van der Waals surface area contributed by atoms with Crippen molar-refractivity contribution in [3.05, 3.63) is 29.3 Å². The molecule has 0 saturated carbocycles. The number of hydrogen-bond donors (Lipinski definition) is 0. The van der Waals surface area contributed by atoms with Crippen LogP contribution in [0.3, 0.4) is 0 Å². The van der Waals surface area contributed by atoms with Gasteiger partial charge in [-0.05, 0) is 55.5 Å². The van der Waals surface area contributed by atoms with E-state index in [1.807, 2.05) is 11.8 Å². The summed E-state index contributed by atoms with van der Waals surface area (Å²) in [6, 6.07) is 8.29. The Hall–Kier alpha value is -0.790. The maximum atomic E-state index is 5.68. The molecule has 1 aromatic carbocycles. The van der Waals surface area contributed by atoms with Gasteiger partial charge in [-0.15, -0.1) is 0 Å². The number of thioether (sulfide) groups is 1. The quantitative estimate of drug-likeness (QED) is 0.643. The second-order valence-corrected chi connectivity index (χ2v) is 9.68. The monoisotopic (exact) mass is 419 g/mol. The van der Waals surface area contributed by atoms with E-state index in [9.17, 15) is 0 Å². The summed E-state index contributed by atoms with van der Waals surface area (Å²) in [5.41, 5.74) is 2.74. The van der Waals surface area contributed by atoms with Crippen molar-refractivity contribution in [1.82, 2.24) is 14.7 Å². The van der Waals surface area contributed by atoms with Gasteiger partial charge in [0.1, 0.15) is 5.75 Å². The van der Waals surface area contributed by atoms with Crippen molar-refractivity contribution in [1.29, 1.82) is 0 Å². The number of hydrogen-bond acceptors (Lipinski definition) is 6. The molecule has 3 heterocycles. The van der Waals surface area contributed by atoms with Crippen LogP contribution in [0.25, 0.3) is 0 Å². The fraction of sp³-hybridized carbons (Fsp3) is 0.739. The highest BCUT2D eigenvalue weighted by atomic mass is 32.2. The van der Waals surface area contributed by atoms with Gasteiger partial charge in [0.2, 0.25) is 0 Å². The van der Waals surface area contributed by atoms with Crippen LogP contribution in [-0.4, -0.2) is 91.8 Å². The Balaban J connectivity index is 1.46. The van der Waals surface area contributed by atoms with E-state index in [2.05, 4.69) is 39.2 Å². The summed E-state index contributed by atoms with van der Waals surface area (Å²) in [4.78, 5) is 7.99. The lowest BCUT2D eigenvalue weighted by Crippen LogP contribution is -2.55. The number of methoxy groups -OCH3 is 1. The minimum absolute atomic E-state index is 0.682. The van der Waals surface area contributed by atoms with Gasteiger partial charge >= 0.3 is 0 Å². The number of nitrogens with zero attached hydrogens (tertiary/aromatic N) is 3. The predicted octanol–water partition coefficient (Wildman–Crippen LogP) is 2.93. The first kappa shape index (κ1) is 21.4. The number of rotatable bonds is 8. The molecule has 162 valence electrons. The van der Waals surface area contributed by atoms with Gasteiger partial charge in [0.25, 0.3) is 0 Å². The highest BCUT2D eigenvalue weighted by Gasteiger charge is 2.35. The summed E-state index contributed by atoms with van der Waals surface area (Å²) in [7, 11) is 1.79. The van der Waals surface area contributed by atoms with Gasteiger partial charge in [0.15, 0.2) is 0 Å². The molecule has 0 bridgehead atoms. The molecule has 3 fully saturated rings. The number of fused-ring (bicyclic) bond motifs is 1. The molecule has 0 aliphatic carbocycles. The zero-order valence-corrected chi connectivity index (χ0v) is 19.0. The van der Waals surface area contributed by atoms with Crippen LogP contribution >= 0.6 is 11.8 Å². The van der Waals surface area contributed by atoms with Crippen LogP contribution in [0.5, 0.6) is 5.75 Å². The third-order valence-electron chi connectivity index (χ3n) is 6.79. The first-order valence-corrected chi connectivity index (χ1v) is 12.6. The van der Waals surface area contributed by atoms with E-state index in [1.54, 1.807) is 7.11 Å². The number of benzene rings is 1. The minimum atomic E-state index is 0.682. The van der Waals surface area contributed by atoms with Crippen molar-refractivity contribution in [2.45, 2.75) is 44.4 Å². The van der Waals surface area contributed by atoms with Crippen molar-refractivity contribution in [2.75, 3.05) is 65.1 Å². The SMILES string of the molecule is COc1ccc(CN2C[C@@H]3CCCN3C[C@H]2CCSC)cc1CN1CCOCC1. The number of ether oxygens (including phenoxy) is 2. The second-order valence-electron chi connectivity index (χ2n) is 8.69. The Kier molecular flexibility index (Phi) is 7.76. The van der Waals surface area contributed by atoms with Crippen molar-refractivity contribution in [3.63, 3.8) is 0 Å². The molecular weight excluding hydrogens is 382 g/mol. The van der Waals surface area contributed by atoms with Crippen molar-refractivity contribution in [3.8, 4) is 5.75 Å². The first-order valence-electron chi connectivity index (χ1n) is 11.2. The van der Waals surface area contributed by atoms with E-state index in [1.165, 1.54) is 55.8 Å². The average Bonchev–Trinajstić information content (AvgIpc) is 3.20. The van der Waals surface area contributed by atoms with E-state index in [0.29, 0.717) is 6.04 Å². The molecule has 3 aliphatic rings. The zero-order chi connectivity index (χ0) is 20.1. The summed E-state index contributed by atoms with van der Waals surface area (Å²) in [5.74, 6) is 2.27. The Bertz CT molecular complexity index is 653. The first-order chi connectivity index (χ1) is 14.3. The van der Waals surface area contributed by atoms with Crippen molar-refractivity contribution >= 4 is 11.8 Å². The second kappa shape index (κ2) is 10.5.